The molecule has 4 nitrogen and oxygen atoms in total. The first-order valence-electron chi connectivity index (χ1n) is 7.31. The minimum absolute atomic E-state index is 0.350. The van der Waals surface area contributed by atoms with Crippen molar-refractivity contribution < 1.29 is 13.6 Å². The van der Waals surface area contributed by atoms with Gasteiger partial charge in [0.15, 0.2) is 0 Å². The number of hydrogen-bond acceptors (Lipinski definition) is 5. The molecule has 0 spiro atoms. The largest absolute Gasteiger partial charge is 0.330 e. The maximum absolute atomic E-state index is 12.6. The Hall–Kier alpha value is -0.0500. The maximum atomic E-state index is 12.6. The quantitative estimate of drug-likeness (QED) is 0.224. The fourth-order valence-corrected chi connectivity index (χ4v) is 3.50. The van der Waals surface area contributed by atoms with Crippen LogP contribution >= 0.6 is 19.8 Å². The van der Waals surface area contributed by atoms with E-state index < -0.39 is 7.60 Å². The van der Waals surface area contributed by atoms with Crippen LogP contribution < -0.4 is 0 Å². The van der Waals surface area contributed by atoms with Crippen molar-refractivity contribution in [2.24, 2.45) is 16.8 Å². The third-order valence-corrected chi connectivity index (χ3v) is 4.55. The number of thiocarbonyl (C=S) groups is 1. The highest BCUT2D eigenvalue weighted by Gasteiger charge is 2.24. The SMILES string of the molecule is CC(C)COP(=O)(CCCCCN=C=S)OCC(C)C. The molecule has 0 aliphatic rings. The molecule has 0 saturated carbocycles. The summed E-state index contributed by atoms with van der Waals surface area (Å²) in [5.74, 6) is 0.700. The Labute approximate surface area is 128 Å². The lowest BCUT2D eigenvalue weighted by molar-refractivity contribution is 0.173. The normalized spacial score (nSPS) is 11.9. The summed E-state index contributed by atoms with van der Waals surface area (Å²) < 4.78 is 23.7. The first-order chi connectivity index (χ1) is 9.39. The highest BCUT2D eigenvalue weighted by Crippen LogP contribution is 2.49. The highest BCUT2D eigenvalue weighted by molar-refractivity contribution is 7.78. The Kier molecular flexibility index (Phi) is 11.6. The molecule has 0 aliphatic heterocycles. The summed E-state index contributed by atoms with van der Waals surface area (Å²) in [4.78, 5) is 3.86. The predicted molar refractivity (Wildman–Crippen MR) is 87.8 cm³/mol. The molecule has 0 amide bonds. The zero-order valence-electron chi connectivity index (χ0n) is 13.1. The summed E-state index contributed by atoms with van der Waals surface area (Å²) >= 11 is 4.51. The molecular formula is C14H28NO3PS. The van der Waals surface area contributed by atoms with Crippen LogP contribution in [0.3, 0.4) is 0 Å². The smallest absolute Gasteiger partial charge is 0.308 e. The van der Waals surface area contributed by atoms with Crippen LogP contribution in [-0.2, 0) is 13.6 Å². The standard InChI is InChI=1S/C14H28NO3PS/c1-13(2)10-17-19(16,18-11-14(3)4)9-7-5-6-8-15-12-20/h13-14H,5-11H2,1-4H3. The molecule has 0 saturated heterocycles. The van der Waals surface area contributed by atoms with Gasteiger partial charge in [0.1, 0.15) is 0 Å². The van der Waals surface area contributed by atoms with Crippen LogP contribution in [0.2, 0.25) is 0 Å². The topological polar surface area (TPSA) is 47.9 Å². The number of unbranched alkanes of at least 4 members (excludes halogenated alkanes) is 2. The molecule has 0 N–H and O–H groups in total. The maximum Gasteiger partial charge on any atom is 0.330 e. The average molecular weight is 321 g/mol. The van der Waals surface area contributed by atoms with Crippen LogP contribution in [-0.4, -0.2) is 31.1 Å². The van der Waals surface area contributed by atoms with E-state index in [4.69, 9.17) is 9.05 Å². The molecule has 0 aromatic carbocycles. The monoisotopic (exact) mass is 321 g/mol. The molecule has 6 heteroatoms. The Bertz CT molecular complexity index is 325. The Balaban J connectivity index is 4.15. The van der Waals surface area contributed by atoms with Crippen molar-refractivity contribution >= 4 is 25.0 Å². The molecule has 118 valence electrons. The molecule has 0 fully saturated rings. The summed E-state index contributed by atoms with van der Waals surface area (Å²) in [5.41, 5.74) is 0. The van der Waals surface area contributed by atoms with Crippen molar-refractivity contribution in [1.82, 2.24) is 0 Å². The van der Waals surface area contributed by atoms with Gasteiger partial charge in [-0.05, 0) is 36.9 Å². The predicted octanol–water partition coefficient (Wildman–Crippen LogP) is 4.80. The molecule has 0 aliphatic carbocycles. The van der Waals surface area contributed by atoms with Crippen LogP contribution in [0.4, 0.5) is 0 Å². The number of hydrogen-bond donors (Lipinski definition) is 0. The lowest BCUT2D eigenvalue weighted by atomic mass is 10.2. The van der Waals surface area contributed by atoms with Gasteiger partial charge >= 0.3 is 7.60 Å². The van der Waals surface area contributed by atoms with E-state index in [-0.39, 0.29) is 0 Å². The molecule has 0 rings (SSSR count). The van der Waals surface area contributed by atoms with Crippen LogP contribution in [0.15, 0.2) is 4.99 Å². The first kappa shape index (κ1) is 19.9. The van der Waals surface area contributed by atoms with Gasteiger partial charge in [0.05, 0.1) is 24.5 Å². The molecule has 0 unspecified atom stereocenters. The second-order valence-corrected chi connectivity index (χ2v) is 8.12. The fraction of sp³-hybridized carbons (Fsp3) is 0.929. The van der Waals surface area contributed by atoms with E-state index in [0.29, 0.717) is 37.8 Å². The number of aliphatic imine (C=N–C) groups is 1. The molecule has 0 radical (unpaired) electrons. The van der Waals surface area contributed by atoms with Crippen molar-refractivity contribution in [2.75, 3.05) is 25.9 Å². The first-order valence-corrected chi connectivity index (χ1v) is 9.45. The Morgan fingerprint density at radius 2 is 1.60 bits per heavy atom. The fourth-order valence-electron chi connectivity index (χ4n) is 1.41. The Morgan fingerprint density at radius 1 is 1.05 bits per heavy atom. The summed E-state index contributed by atoms with van der Waals surface area (Å²) in [6, 6.07) is 0. The minimum Gasteiger partial charge on any atom is -0.308 e. The van der Waals surface area contributed by atoms with Gasteiger partial charge in [0.25, 0.3) is 0 Å². The highest BCUT2D eigenvalue weighted by atomic mass is 32.1. The van der Waals surface area contributed by atoms with Gasteiger partial charge in [-0.25, -0.2) is 4.99 Å². The summed E-state index contributed by atoms with van der Waals surface area (Å²) in [6.45, 7) is 9.79. The van der Waals surface area contributed by atoms with Crippen LogP contribution in [0, 0.1) is 11.8 Å². The van der Waals surface area contributed by atoms with Gasteiger partial charge < -0.3 is 9.05 Å². The third kappa shape index (κ3) is 11.7. The van der Waals surface area contributed by atoms with Crippen molar-refractivity contribution in [3.8, 4) is 0 Å². The second-order valence-electron chi connectivity index (χ2n) is 5.75. The summed E-state index contributed by atoms with van der Waals surface area (Å²) in [6.07, 6.45) is 3.17. The van der Waals surface area contributed by atoms with Crippen molar-refractivity contribution in [1.29, 1.82) is 0 Å². The van der Waals surface area contributed by atoms with E-state index in [2.05, 4.69) is 22.4 Å². The van der Waals surface area contributed by atoms with Gasteiger partial charge in [-0.1, -0.05) is 34.1 Å². The van der Waals surface area contributed by atoms with Gasteiger partial charge in [0.2, 0.25) is 0 Å². The lowest BCUT2D eigenvalue weighted by Gasteiger charge is -2.20. The third-order valence-electron chi connectivity index (χ3n) is 2.48. The molecule has 0 aromatic heterocycles. The second kappa shape index (κ2) is 11.6. The molecule has 20 heavy (non-hydrogen) atoms. The van der Waals surface area contributed by atoms with Gasteiger partial charge in [-0.15, -0.1) is 0 Å². The minimum atomic E-state index is -2.95. The van der Waals surface area contributed by atoms with E-state index in [1.165, 1.54) is 0 Å². The van der Waals surface area contributed by atoms with E-state index in [1.54, 1.807) is 0 Å². The zero-order chi connectivity index (χ0) is 15.4. The van der Waals surface area contributed by atoms with Gasteiger partial charge in [-0.2, -0.15) is 0 Å². The number of nitrogens with zero attached hydrogens (tertiary/aromatic N) is 1. The van der Waals surface area contributed by atoms with E-state index in [9.17, 15) is 4.57 Å². The van der Waals surface area contributed by atoms with Crippen molar-refractivity contribution in [3.05, 3.63) is 0 Å². The lowest BCUT2D eigenvalue weighted by Crippen LogP contribution is -2.08. The van der Waals surface area contributed by atoms with Gasteiger partial charge in [0, 0.05) is 6.54 Å². The molecule has 0 heterocycles. The van der Waals surface area contributed by atoms with Crippen molar-refractivity contribution in [2.45, 2.75) is 47.0 Å². The molecule has 0 aromatic rings. The van der Waals surface area contributed by atoms with E-state index >= 15 is 0 Å². The van der Waals surface area contributed by atoms with Crippen LogP contribution in [0.1, 0.15) is 47.0 Å². The molecule has 0 bridgehead atoms. The van der Waals surface area contributed by atoms with Crippen LogP contribution in [0.5, 0.6) is 0 Å². The molecule has 0 atom stereocenters. The summed E-state index contributed by atoms with van der Waals surface area (Å²) in [5, 5.41) is 2.34. The van der Waals surface area contributed by atoms with E-state index in [0.717, 1.165) is 19.3 Å². The van der Waals surface area contributed by atoms with Gasteiger partial charge in [-0.3, -0.25) is 4.57 Å². The summed E-state index contributed by atoms with van der Waals surface area (Å²) in [7, 11) is -2.95. The average Bonchev–Trinajstić information content (AvgIpc) is 2.38. The zero-order valence-corrected chi connectivity index (χ0v) is 14.8. The van der Waals surface area contributed by atoms with E-state index in [1.807, 2.05) is 27.7 Å². The Morgan fingerprint density at radius 3 is 2.05 bits per heavy atom. The molecular weight excluding hydrogens is 293 g/mol. The van der Waals surface area contributed by atoms with Crippen LogP contribution in [0.25, 0.3) is 0 Å². The number of rotatable bonds is 12. The van der Waals surface area contributed by atoms with Crippen molar-refractivity contribution in [3.63, 3.8) is 0 Å². The number of isothiocyanates is 1.